The second-order valence-corrected chi connectivity index (χ2v) is 8.31. The maximum atomic E-state index is 13.5. The summed E-state index contributed by atoms with van der Waals surface area (Å²) < 4.78 is 47.5. The topological polar surface area (TPSA) is 79.7 Å². The summed E-state index contributed by atoms with van der Waals surface area (Å²) in [5.41, 5.74) is 0.625. The van der Waals surface area contributed by atoms with Gasteiger partial charge in [-0.1, -0.05) is 0 Å². The summed E-state index contributed by atoms with van der Waals surface area (Å²) in [7, 11) is 0. The molecule has 1 atom stereocenters. The number of carbonyl (C=O) groups is 2. The highest BCUT2D eigenvalue weighted by Crippen LogP contribution is 2.43. The number of amides is 3. The van der Waals surface area contributed by atoms with E-state index < -0.39 is 35.2 Å². The molecule has 0 unspecified atom stereocenters. The first-order valence-electron chi connectivity index (χ1n) is 10.0. The molecule has 11 heteroatoms. The van der Waals surface area contributed by atoms with Gasteiger partial charge in [0.1, 0.15) is 5.60 Å². The Morgan fingerprint density at radius 3 is 2.58 bits per heavy atom. The van der Waals surface area contributed by atoms with Gasteiger partial charge in [0, 0.05) is 17.8 Å². The molecule has 3 amide bonds. The molecule has 0 bridgehead atoms. The Bertz CT molecular complexity index is 1060. The number of anilines is 2. The lowest BCUT2D eigenvalue weighted by Crippen LogP contribution is -2.47. The average molecular weight is 435 g/mol. The van der Waals surface area contributed by atoms with Gasteiger partial charge in [-0.2, -0.15) is 5.10 Å². The van der Waals surface area contributed by atoms with Crippen LogP contribution in [0.5, 0.6) is 0 Å². The molecular formula is C20H20F3N5O3. The van der Waals surface area contributed by atoms with Crippen LogP contribution in [-0.2, 0) is 17.8 Å². The van der Waals surface area contributed by atoms with E-state index in [0.29, 0.717) is 24.5 Å². The fourth-order valence-corrected chi connectivity index (χ4v) is 4.35. The molecule has 5 rings (SSSR count). The zero-order valence-corrected chi connectivity index (χ0v) is 16.7. The van der Waals surface area contributed by atoms with E-state index in [-0.39, 0.29) is 18.3 Å². The van der Waals surface area contributed by atoms with Gasteiger partial charge in [-0.3, -0.25) is 9.58 Å². The lowest BCUT2D eigenvalue weighted by Gasteiger charge is -2.36. The predicted octanol–water partition coefficient (Wildman–Crippen LogP) is 3.62. The summed E-state index contributed by atoms with van der Waals surface area (Å²) in [6, 6.07) is 0.562. The van der Waals surface area contributed by atoms with Gasteiger partial charge in [0.2, 0.25) is 0 Å². The van der Waals surface area contributed by atoms with Crippen molar-refractivity contribution >= 4 is 23.5 Å². The summed E-state index contributed by atoms with van der Waals surface area (Å²) in [6.45, 7) is 2.76. The Hall–Kier alpha value is -3.24. The van der Waals surface area contributed by atoms with Gasteiger partial charge in [0.25, 0.3) is 0 Å². The van der Waals surface area contributed by atoms with Crippen LogP contribution in [0.2, 0.25) is 0 Å². The SMILES string of the molecule is C[C@H]1Cn2ncc(N3CC4(CCC4)OC3=O)c2CN1C(=O)Nc1cc(F)c(F)c(F)c1. The summed E-state index contributed by atoms with van der Waals surface area (Å²) in [4.78, 5) is 28.3. The third kappa shape index (κ3) is 3.19. The summed E-state index contributed by atoms with van der Waals surface area (Å²) >= 11 is 0. The Morgan fingerprint density at radius 2 is 1.97 bits per heavy atom. The number of aromatic nitrogens is 2. The fraction of sp³-hybridized carbons (Fsp3) is 0.450. The molecule has 1 saturated heterocycles. The van der Waals surface area contributed by atoms with Crippen molar-refractivity contribution in [2.24, 2.45) is 0 Å². The van der Waals surface area contributed by atoms with E-state index in [1.54, 1.807) is 15.8 Å². The van der Waals surface area contributed by atoms with Crippen molar-refractivity contribution in [2.75, 3.05) is 16.8 Å². The Balaban J connectivity index is 1.37. The highest BCUT2D eigenvalue weighted by molar-refractivity contribution is 5.92. The monoisotopic (exact) mass is 435 g/mol. The van der Waals surface area contributed by atoms with E-state index in [1.165, 1.54) is 4.90 Å². The lowest BCUT2D eigenvalue weighted by molar-refractivity contribution is -0.00650. The minimum atomic E-state index is -1.60. The molecule has 1 aliphatic carbocycles. The molecule has 8 nitrogen and oxygen atoms in total. The quantitative estimate of drug-likeness (QED) is 0.731. The third-order valence-corrected chi connectivity index (χ3v) is 6.24. The molecule has 2 aromatic rings. The number of ether oxygens (including phenoxy) is 1. The molecule has 3 aliphatic rings. The average Bonchev–Trinajstić information content (AvgIpc) is 3.25. The van der Waals surface area contributed by atoms with E-state index in [1.807, 2.05) is 6.92 Å². The first-order valence-corrected chi connectivity index (χ1v) is 10.0. The van der Waals surface area contributed by atoms with Crippen LogP contribution >= 0.6 is 0 Å². The second kappa shape index (κ2) is 6.89. The first-order chi connectivity index (χ1) is 14.8. The van der Waals surface area contributed by atoms with Crippen molar-refractivity contribution < 1.29 is 27.5 Å². The summed E-state index contributed by atoms with van der Waals surface area (Å²) in [6.07, 6.45) is 3.84. The van der Waals surface area contributed by atoms with Crippen molar-refractivity contribution in [1.29, 1.82) is 0 Å². The number of hydrogen-bond donors (Lipinski definition) is 1. The van der Waals surface area contributed by atoms with Crippen LogP contribution in [0.3, 0.4) is 0 Å². The molecule has 1 spiro atoms. The molecular weight excluding hydrogens is 415 g/mol. The van der Waals surface area contributed by atoms with Crippen molar-refractivity contribution in [3.05, 3.63) is 41.5 Å². The maximum absolute atomic E-state index is 13.5. The van der Waals surface area contributed by atoms with Crippen molar-refractivity contribution in [3.63, 3.8) is 0 Å². The van der Waals surface area contributed by atoms with E-state index in [0.717, 1.165) is 31.4 Å². The van der Waals surface area contributed by atoms with Crippen LogP contribution in [0.1, 0.15) is 31.9 Å². The molecule has 2 fully saturated rings. The molecule has 31 heavy (non-hydrogen) atoms. The van der Waals surface area contributed by atoms with Crippen LogP contribution in [0.4, 0.5) is 34.1 Å². The van der Waals surface area contributed by atoms with Gasteiger partial charge in [-0.25, -0.2) is 22.8 Å². The second-order valence-electron chi connectivity index (χ2n) is 8.31. The minimum Gasteiger partial charge on any atom is -0.441 e. The number of hydrogen-bond acceptors (Lipinski definition) is 4. The molecule has 3 heterocycles. The normalized spacial score (nSPS) is 21.7. The molecule has 1 N–H and O–H groups in total. The zero-order chi connectivity index (χ0) is 21.9. The number of rotatable bonds is 2. The number of nitrogens with one attached hydrogen (secondary N) is 1. The van der Waals surface area contributed by atoms with Gasteiger partial charge in [0.15, 0.2) is 17.5 Å². The van der Waals surface area contributed by atoms with Gasteiger partial charge >= 0.3 is 12.1 Å². The lowest BCUT2D eigenvalue weighted by atomic mass is 9.80. The summed E-state index contributed by atoms with van der Waals surface area (Å²) in [5.74, 6) is -4.38. The van der Waals surface area contributed by atoms with E-state index in [4.69, 9.17) is 4.74 Å². The number of carbonyl (C=O) groups excluding carboxylic acids is 2. The van der Waals surface area contributed by atoms with Gasteiger partial charge in [-0.15, -0.1) is 0 Å². The molecule has 0 radical (unpaired) electrons. The smallest absolute Gasteiger partial charge is 0.415 e. The molecule has 1 saturated carbocycles. The van der Waals surface area contributed by atoms with Crippen molar-refractivity contribution in [1.82, 2.24) is 14.7 Å². The first kappa shape index (κ1) is 19.7. The Labute approximate surface area is 175 Å². The summed E-state index contributed by atoms with van der Waals surface area (Å²) in [5, 5.41) is 6.76. The van der Waals surface area contributed by atoms with Gasteiger partial charge < -0.3 is 15.0 Å². The number of halogens is 3. The Morgan fingerprint density at radius 1 is 1.26 bits per heavy atom. The number of fused-ring (bicyclic) bond motifs is 1. The minimum absolute atomic E-state index is 0.130. The van der Waals surface area contributed by atoms with Gasteiger partial charge in [0.05, 0.1) is 43.3 Å². The highest BCUT2D eigenvalue weighted by atomic mass is 19.2. The molecule has 1 aromatic heterocycles. The third-order valence-electron chi connectivity index (χ3n) is 6.24. The largest absolute Gasteiger partial charge is 0.441 e. The zero-order valence-electron chi connectivity index (χ0n) is 16.7. The molecule has 164 valence electrons. The maximum Gasteiger partial charge on any atom is 0.415 e. The standard InChI is InChI=1S/C20H20F3N5O3/c1-11-8-28-16(15(7-24-28)27-10-20(3-2-4-20)31-19(27)30)9-26(11)18(29)25-12-5-13(21)17(23)14(22)6-12/h5-7,11H,2-4,8-10H2,1H3,(H,25,29)/t11-/m0/s1. The van der Waals surface area contributed by atoms with Crippen LogP contribution in [0.15, 0.2) is 18.3 Å². The predicted molar refractivity (Wildman–Crippen MR) is 103 cm³/mol. The van der Waals surface area contributed by atoms with Gasteiger partial charge in [-0.05, 0) is 26.2 Å². The highest BCUT2D eigenvalue weighted by Gasteiger charge is 2.50. The molecule has 1 aromatic carbocycles. The van der Waals surface area contributed by atoms with Crippen molar-refractivity contribution in [3.8, 4) is 0 Å². The van der Waals surface area contributed by atoms with E-state index in [2.05, 4.69) is 10.4 Å². The number of urea groups is 1. The van der Waals surface area contributed by atoms with Crippen LogP contribution < -0.4 is 10.2 Å². The van der Waals surface area contributed by atoms with E-state index >= 15 is 0 Å². The molecule has 2 aliphatic heterocycles. The van der Waals surface area contributed by atoms with E-state index in [9.17, 15) is 22.8 Å². The number of nitrogens with zero attached hydrogens (tertiary/aromatic N) is 4. The van der Waals surface area contributed by atoms with Crippen LogP contribution in [0, 0.1) is 17.5 Å². The van der Waals surface area contributed by atoms with Crippen LogP contribution in [-0.4, -0.2) is 45.0 Å². The fourth-order valence-electron chi connectivity index (χ4n) is 4.35. The number of benzene rings is 1. The van der Waals surface area contributed by atoms with Crippen LogP contribution in [0.25, 0.3) is 0 Å². The van der Waals surface area contributed by atoms with Crippen molar-refractivity contribution in [2.45, 2.75) is 50.9 Å². The Kier molecular flexibility index (Phi) is 4.38.